The smallest absolute Gasteiger partial charge is 0.306 e. The van der Waals surface area contributed by atoms with E-state index in [1.807, 2.05) is 0 Å². The molecule has 75 heavy (non-hydrogen) atoms. The van der Waals surface area contributed by atoms with Crippen molar-refractivity contribution in [2.24, 2.45) is 0 Å². The third-order valence-electron chi connectivity index (χ3n) is 14.1. The Balaban J connectivity index is 2.36. The van der Waals surface area contributed by atoms with Crippen molar-refractivity contribution in [2.45, 2.75) is 290 Å². The lowest BCUT2D eigenvalue weighted by atomic mass is 10.0. The number of esters is 2. The molecule has 1 aliphatic carbocycles. The molecule has 3 unspecified atom stereocenters. The van der Waals surface area contributed by atoms with E-state index in [1.165, 1.54) is 108 Å². The highest BCUT2D eigenvalue weighted by Gasteiger charge is 2.16. The van der Waals surface area contributed by atoms with Crippen molar-refractivity contribution in [3.05, 3.63) is 23.8 Å². The molecule has 0 bridgehead atoms. The number of hydrogen-bond donors (Lipinski definition) is 0. The van der Waals surface area contributed by atoms with Crippen molar-refractivity contribution in [1.29, 1.82) is 0 Å². The van der Waals surface area contributed by atoms with E-state index in [0.717, 1.165) is 128 Å². The number of ether oxygens (including phenoxy) is 9. The van der Waals surface area contributed by atoms with Crippen LogP contribution in [0.1, 0.15) is 272 Å². The monoisotopic (exact) mass is 1060 g/mol. The number of carbonyl (C=O) groups is 2. The molecule has 0 saturated heterocycles. The highest BCUT2D eigenvalue weighted by atomic mass is 16.6. The van der Waals surface area contributed by atoms with E-state index in [-0.39, 0.29) is 30.3 Å². The minimum Gasteiger partial charge on any atom is -0.462 e. The van der Waals surface area contributed by atoms with Gasteiger partial charge in [-0.3, -0.25) is 9.59 Å². The molecule has 0 aliphatic heterocycles. The van der Waals surface area contributed by atoms with Crippen LogP contribution in [0.4, 0.5) is 0 Å². The average Bonchev–Trinajstić information content (AvgIpc) is 3.41. The highest BCUT2D eigenvalue weighted by Crippen LogP contribution is 2.20. The number of hydrogen-bond acceptors (Lipinski definition) is 11. The van der Waals surface area contributed by atoms with Crippen molar-refractivity contribution in [1.82, 2.24) is 0 Å². The van der Waals surface area contributed by atoms with Crippen LogP contribution in [0.15, 0.2) is 23.8 Å². The molecular formula is C64H120O11. The fraction of sp³-hybridized carbons (Fsp3) is 0.906. The van der Waals surface area contributed by atoms with Gasteiger partial charge in [-0.15, -0.1) is 0 Å². The summed E-state index contributed by atoms with van der Waals surface area (Å²) >= 11 is 0. The fourth-order valence-electron chi connectivity index (χ4n) is 9.39. The Morgan fingerprint density at radius 3 is 1.17 bits per heavy atom. The van der Waals surface area contributed by atoms with Crippen LogP contribution in [-0.2, 0) is 52.2 Å². The number of carbonyl (C=O) groups excluding carboxylic acids is 2. The zero-order valence-electron chi connectivity index (χ0n) is 49.5. The van der Waals surface area contributed by atoms with Gasteiger partial charge in [-0.1, -0.05) is 187 Å². The maximum absolute atomic E-state index is 12.8. The number of unbranched alkanes of at least 4 members (excludes halogenated alkanes) is 24. The summed E-state index contributed by atoms with van der Waals surface area (Å²) in [6.45, 7) is 16.1. The molecule has 0 saturated carbocycles. The van der Waals surface area contributed by atoms with Gasteiger partial charge in [0.2, 0.25) is 0 Å². The van der Waals surface area contributed by atoms with E-state index in [9.17, 15) is 9.59 Å². The summed E-state index contributed by atoms with van der Waals surface area (Å²) in [5, 5.41) is 0. The summed E-state index contributed by atoms with van der Waals surface area (Å²) in [7, 11) is 0. The molecule has 11 heteroatoms. The molecule has 0 aromatic carbocycles. The SMILES string of the molecule is CCCCCCCCC(CCCCCC)OC(=O)CCCCCCCOCC(COCCOCCOCCOCCOCC1=CCCC=C1)OCCCCCCCC(=O)OC(CCCCCC)CCCCCCCC. The molecule has 1 aliphatic rings. The van der Waals surface area contributed by atoms with Gasteiger partial charge >= 0.3 is 11.9 Å². The molecule has 0 amide bonds. The first-order valence-corrected chi connectivity index (χ1v) is 31.8. The summed E-state index contributed by atoms with van der Waals surface area (Å²) in [4.78, 5) is 25.6. The Hall–Kier alpha value is -1.86. The van der Waals surface area contributed by atoms with Gasteiger partial charge in [0.05, 0.1) is 72.7 Å². The van der Waals surface area contributed by atoms with E-state index in [0.29, 0.717) is 98.7 Å². The third kappa shape index (κ3) is 51.3. The van der Waals surface area contributed by atoms with Gasteiger partial charge in [-0.2, -0.15) is 0 Å². The fourth-order valence-corrected chi connectivity index (χ4v) is 9.39. The van der Waals surface area contributed by atoms with Crippen LogP contribution in [0, 0.1) is 0 Å². The van der Waals surface area contributed by atoms with Gasteiger partial charge in [0.25, 0.3) is 0 Å². The lowest BCUT2D eigenvalue weighted by molar-refractivity contribution is -0.151. The van der Waals surface area contributed by atoms with Gasteiger partial charge in [0.15, 0.2) is 0 Å². The van der Waals surface area contributed by atoms with Crippen molar-refractivity contribution in [3.63, 3.8) is 0 Å². The van der Waals surface area contributed by atoms with Crippen LogP contribution in [0.25, 0.3) is 0 Å². The predicted molar refractivity (Wildman–Crippen MR) is 310 cm³/mol. The Morgan fingerprint density at radius 2 is 0.733 bits per heavy atom. The molecule has 0 heterocycles. The van der Waals surface area contributed by atoms with Crippen molar-refractivity contribution >= 4 is 11.9 Å². The summed E-state index contributed by atoms with van der Waals surface area (Å²) in [5.41, 5.74) is 1.24. The molecular weight excluding hydrogens is 945 g/mol. The van der Waals surface area contributed by atoms with Crippen molar-refractivity contribution < 1.29 is 52.2 Å². The normalized spacial score (nSPS) is 13.8. The van der Waals surface area contributed by atoms with Crippen LogP contribution < -0.4 is 0 Å². The molecule has 11 nitrogen and oxygen atoms in total. The second-order valence-electron chi connectivity index (χ2n) is 21.4. The minimum atomic E-state index is -0.150. The van der Waals surface area contributed by atoms with Crippen LogP contribution in [0.3, 0.4) is 0 Å². The molecule has 0 spiro atoms. The first-order valence-electron chi connectivity index (χ1n) is 31.8. The summed E-state index contributed by atoms with van der Waals surface area (Å²) < 4.78 is 53.2. The maximum atomic E-state index is 12.8. The quantitative estimate of drug-likeness (QED) is 0.0428. The van der Waals surface area contributed by atoms with E-state index in [1.54, 1.807) is 0 Å². The lowest BCUT2D eigenvalue weighted by Crippen LogP contribution is -2.27. The molecule has 0 radical (unpaired) electrons. The van der Waals surface area contributed by atoms with Gasteiger partial charge in [-0.05, 0) is 95.5 Å². The predicted octanol–water partition coefficient (Wildman–Crippen LogP) is 16.7. The molecule has 0 N–H and O–H groups in total. The topological polar surface area (TPSA) is 117 Å². The van der Waals surface area contributed by atoms with Gasteiger partial charge in [-0.25, -0.2) is 0 Å². The van der Waals surface area contributed by atoms with E-state index < -0.39 is 0 Å². The Morgan fingerprint density at radius 1 is 0.373 bits per heavy atom. The largest absolute Gasteiger partial charge is 0.462 e. The van der Waals surface area contributed by atoms with Crippen molar-refractivity contribution in [3.8, 4) is 0 Å². The zero-order chi connectivity index (χ0) is 54.0. The standard InChI is InChI=1S/C64H120O11/c1-5-9-13-17-21-32-42-60(40-30-15-11-7-3)74-63(65)44-34-23-19-25-36-46-70-57-62(58-72-55-53-69-51-49-67-48-50-68-52-54-71-56-59-38-28-27-29-39-59)73-47-37-26-20-24-35-45-64(66)75-61(41-31-16-12-8-4)43-33-22-18-14-10-6-2/h28,38-39,60-62H,5-27,29-37,40-58H2,1-4H3. The number of allylic oxidation sites excluding steroid dienone is 2. The van der Waals surface area contributed by atoms with Gasteiger partial charge in [0.1, 0.15) is 18.3 Å². The molecule has 0 fully saturated rings. The first-order chi connectivity index (χ1) is 37.0. The van der Waals surface area contributed by atoms with E-state index in [2.05, 4.69) is 45.9 Å². The van der Waals surface area contributed by atoms with Crippen LogP contribution >= 0.6 is 0 Å². The maximum Gasteiger partial charge on any atom is 0.306 e. The van der Waals surface area contributed by atoms with Crippen LogP contribution in [0.5, 0.6) is 0 Å². The number of rotatable bonds is 61. The first kappa shape index (κ1) is 71.2. The van der Waals surface area contributed by atoms with Crippen LogP contribution in [-0.4, -0.2) is 116 Å². The Bertz CT molecular complexity index is 1260. The van der Waals surface area contributed by atoms with Gasteiger partial charge in [0, 0.05) is 26.1 Å². The van der Waals surface area contributed by atoms with Crippen LogP contribution in [0.2, 0.25) is 0 Å². The Labute approximate surface area is 462 Å². The Kier molecular flexibility index (Phi) is 55.3. The molecule has 442 valence electrons. The summed E-state index contributed by atoms with van der Waals surface area (Å²) in [6, 6.07) is 0. The lowest BCUT2D eigenvalue weighted by Gasteiger charge is -2.19. The third-order valence-corrected chi connectivity index (χ3v) is 14.1. The summed E-state index contributed by atoms with van der Waals surface area (Å²) in [6.07, 6.45) is 48.9. The second kappa shape index (κ2) is 58.3. The van der Waals surface area contributed by atoms with E-state index in [4.69, 9.17) is 42.6 Å². The molecule has 0 aromatic rings. The zero-order valence-corrected chi connectivity index (χ0v) is 49.5. The average molecular weight is 1070 g/mol. The minimum absolute atomic E-state index is 0.0124. The highest BCUT2D eigenvalue weighted by molar-refractivity contribution is 5.69. The van der Waals surface area contributed by atoms with Crippen molar-refractivity contribution in [2.75, 3.05) is 85.9 Å². The summed E-state index contributed by atoms with van der Waals surface area (Å²) in [5.74, 6) is -0.0278. The van der Waals surface area contributed by atoms with Gasteiger partial charge < -0.3 is 42.6 Å². The van der Waals surface area contributed by atoms with E-state index >= 15 is 0 Å². The molecule has 3 atom stereocenters. The molecule has 0 aromatic heterocycles. The second-order valence-corrected chi connectivity index (χ2v) is 21.4. The molecule has 1 rings (SSSR count).